The summed E-state index contributed by atoms with van der Waals surface area (Å²) in [5, 5.41) is 12.6. The molecule has 0 aliphatic carbocycles. The number of hydrogen-bond acceptors (Lipinski definition) is 7. The number of phosphoric acid groups is 1. The van der Waals surface area contributed by atoms with E-state index >= 15 is 0 Å². The molecule has 0 heterocycles. The molecule has 2 atom stereocenters. The number of aliphatic hydroxyl groups is 1. The number of esters is 1. The molecule has 1 amide bonds. The second-order valence-corrected chi connectivity index (χ2v) is 13.3. The van der Waals surface area contributed by atoms with E-state index in [1.54, 1.807) is 0 Å². The number of ether oxygens (including phenoxy) is 1. The first kappa shape index (κ1) is 46.5. The van der Waals surface area contributed by atoms with Crippen molar-refractivity contribution in [1.29, 1.82) is 0 Å². The van der Waals surface area contributed by atoms with Crippen molar-refractivity contribution >= 4 is 19.7 Å². The van der Waals surface area contributed by atoms with E-state index in [1.807, 2.05) is 0 Å². The largest absolute Gasteiger partial charge is 0.472 e. The highest BCUT2D eigenvalue weighted by Crippen LogP contribution is 2.42. The van der Waals surface area contributed by atoms with E-state index in [1.165, 1.54) is 6.42 Å². The number of rotatable bonds is 33. The highest BCUT2D eigenvalue weighted by atomic mass is 31.2. The summed E-state index contributed by atoms with van der Waals surface area (Å²) < 4.78 is 26.7. The number of phosphoric ester groups is 1. The van der Waals surface area contributed by atoms with Gasteiger partial charge in [0.05, 0.1) is 13.2 Å². The van der Waals surface area contributed by atoms with Crippen molar-refractivity contribution in [2.75, 3.05) is 26.4 Å². The average molecular weight is 708 g/mol. The number of carbonyl (C=O) groups excluding carboxylic acids is 2. The van der Waals surface area contributed by atoms with Crippen LogP contribution in [0.15, 0.2) is 72.9 Å². The van der Waals surface area contributed by atoms with Crippen LogP contribution in [0, 0.1) is 0 Å². The van der Waals surface area contributed by atoms with E-state index < -0.39 is 26.5 Å². The molecule has 0 rings (SSSR count). The molecule has 0 aliphatic heterocycles. The normalized spacial score (nSPS) is 14.3. The molecule has 0 fully saturated rings. The van der Waals surface area contributed by atoms with Gasteiger partial charge in [-0.1, -0.05) is 112 Å². The number of hydrogen-bond donors (Lipinski definition) is 3. The molecular weight excluding hydrogens is 641 g/mol. The van der Waals surface area contributed by atoms with Crippen LogP contribution in [0.3, 0.4) is 0 Å². The van der Waals surface area contributed by atoms with Crippen LogP contribution in [-0.4, -0.2) is 54.3 Å². The number of allylic oxidation sites excluding steroid dienone is 12. The van der Waals surface area contributed by atoms with Gasteiger partial charge >= 0.3 is 13.8 Å². The first-order valence-electron chi connectivity index (χ1n) is 18.4. The second kappa shape index (κ2) is 35.3. The molecule has 0 spiro atoms. The third kappa shape index (κ3) is 36.6. The van der Waals surface area contributed by atoms with Gasteiger partial charge < -0.3 is 20.1 Å². The first-order chi connectivity index (χ1) is 23.8. The Morgan fingerprint density at radius 1 is 0.653 bits per heavy atom. The van der Waals surface area contributed by atoms with E-state index in [-0.39, 0.29) is 32.1 Å². The Balaban J connectivity index is 3.74. The van der Waals surface area contributed by atoms with Crippen molar-refractivity contribution < 1.29 is 37.9 Å². The van der Waals surface area contributed by atoms with Gasteiger partial charge in [0.15, 0.2) is 0 Å². The van der Waals surface area contributed by atoms with Gasteiger partial charge in [-0.15, -0.1) is 0 Å². The smallest absolute Gasteiger partial charge is 0.463 e. The van der Waals surface area contributed by atoms with Gasteiger partial charge in [0.25, 0.3) is 0 Å². The Morgan fingerprint density at radius 2 is 1.16 bits per heavy atom. The lowest BCUT2D eigenvalue weighted by molar-refractivity contribution is -0.147. The van der Waals surface area contributed by atoms with Gasteiger partial charge in [-0.2, -0.15) is 0 Å². The molecule has 0 aromatic carbocycles. The van der Waals surface area contributed by atoms with Crippen LogP contribution in [-0.2, 0) is 27.9 Å². The minimum Gasteiger partial charge on any atom is -0.463 e. The summed E-state index contributed by atoms with van der Waals surface area (Å²) in [6.45, 7) is 3.27. The highest BCUT2D eigenvalue weighted by Gasteiger charge is 2.23. The molecule has 0 saturated carbocycles. The Hall–Kier alpha value is -2.55. The van der Waals surface area contributed by atoms with E-state index in [4.69, 9.17) is 13.8 Å². The molecule has 9 nitrogen and oxygen atoms in total. The van der Waals surface area contributed by atoms with Crippen LogP contribution in [0.5, 0.6) is 0 Å². The van der Waals surface area contributed by atoms with Crippen LogP contribution in [0.4, 0.5) is 0 Å². The second-order valence-electron chi connectivity index (χ2n) is 11.8. The van der Waals surface area contributed by atoms with Crippen molar-refractivity contribution in [2.24, 2.45) is 0 Å². The van der Waals surface area contributed by atoms with Crippen LogP contribution in [0.2, 0.25) is 0 Å². The molecular formula is C39H66NO8P. The van der Waals surface area contributed by atoms with E-state index in [0.29, 0.717) is 12.8 Å². The maximum Gasteiger partial charge on any atom is 0.472 e. The zero-order valence-electron chi connectivity index (χ0n) is 30.4. The summed E-state index contributed by atoms with van der Waals surface area (Å²) >= 11 is 0. The Kier molecular flexibility index (Phi) is 33.4. The van der Waals surface area contributed by atoms with Crippen molar-refractivity contribution in [2.45, 2.75) is 136 Å². The number of carbonyl (C=O) groups is 2. The first-order valence-corrected chi connectivity index (χ1v) is 19.9. The molecule has 0 radical (unpaired) electrons. The zero-order valence-corrected chi connectivity index (χ0v) is 31.2. The summed E-state index contributed by atoms with van der Waals surface area (Å²) in [4.78, 5) is 33.7. The number of unbranched alkanes of at least 4 members (excludes halogenated alkanes) is 8. The summed E-state index contributed by atoms with van der Waals surface area (Å²) in [6, 6.07) is 0. The van der Waals surface area contributed by atoms with Crippen LogP contribution < -0.4 is 5.32 Å². The minimum absolute atomic E-state index is 0.0646. The molecule has 0 aliphatic rings. The topological polar surface area (TPSA) is 131 Å². The lowest BCUT2D eigenvalue weighted by atomic mass is 10.1. The Bertz CT molecular complexity index is 1030. The number of aliphatic hydroxyl groups excluding tert-OH is 1. The van der Waals surface area contributed by atoms with Gasteiger partial charge in [0.2, 0.25) is 5.91 Å². The summed E-state index contributed by atoms with van der Waals surface area (Å²) in [5.74, 6) is -0.582. The van der Waals surface area contributed by atoms with Crippen LogP contribution >= 0.6 is 7.82 Å². The van der Waals surface area contributed by atoms with Gasteiger partial charge in [-0.3, -0.25) is 18.6 Å². The third-order valence-corrected chi connectivity index (χ3v) is 8.09. The molecule has 0 aromatic heterocycles. The number of amides is 1. The fourth-order valence-corrected chi connectivity index (χ4v) is 5.10. The molecule has 49 heavy (non-hydrogen) atoms. The highest BCUT2D eigenvalue weighted by molar-refractivity contribution is 7.47. The van der Waals surface area contributed by atoms with Crippen molar-refractivity contribution in [3.8, 4) is 0 Å². The molecule has 280 valence electrons. The lowest BCUT2D eigenvalue weighted by Crippen LogP contribution is -2.27. The lowest BCUT2D eigenvalue weighted by Gasteiger charge is -2.15. The van der Waals surface area contributed by atoms with Gasteiger partial charge in [-0.05, 0) is 77.0 Å². The van der Waals surface area contributed by atoms with E-state index in [2.05, 4.69) is 92.1 Å². The van der Waals surface area contributed by atoms with Gasteiger partial charge in [0, 0.05) is 19.4 Å². The van der Waals surface area contributed by atoms with Gasteiger partial charge in [0.1, 0.15) is 12.7 Å². The molecule has 2 unspecified atom stereocenters. The van der Waals surface area contributed by atoms with Gasteiger partial charge in [-0.25, -0.2) is 4.57 Å². The quantitative estimate of drug-likeness (QED) is 0.0266. The van der Waals surface area contributed by atoms with Crippen molar-refractivity contribution in [1.82, 2.24) is 5.32 Å². The van der Waals surface area contributed by atoms with E-state index in [0.717, 1.165) is 89.9 Å². The molecule has 0 saturated heterocycles. The molecule has 0 aromatic rings. The molecule has 0 bridgehead atoms. The maximum absolute atomic E-state index is 12.0. The summed E-state index contributed by atoms with van der Waals surface area (Å²) in [6.07, 6.45) is 41.2. The third-order valence-electron chi connectivity index (χ3n) is 7.10. The fourth-order valence-electron chi connectivity index (χ4n) is 4.35. The maximum atomic E-state index is 12.0. The summed E-state index contributed by atoms with van der Waals surface area (Å²) in [7, 11) is -4.43. The number of nitrogens with one attached hydrogen (secondary N) is 1. The Morgan fingerprint density at radius 3 is 1.78 bits per heavy atom. The fraction of sp³-hybridized carbons (Fsp3) is 0.641. The predicted molar refractivity (Wildman–Crippen MR) is 201 cm³/mol. The minimum atomic E-state index is -4.43. The molecule has 3 N–H and O–H groups in total. The zero-order chi connectivity index (χ0) is 36.1. The summed E-state index contributed by atoms with van der Waals surface area (Å²) in [5.41, 5.74) is 0. The predicted octanol–water partition coefficient (Wildman–Crippen LogP) is 9.54. The standard InChI is InChI=1S/C39H66NO8P/c1-3-5-7-9-11-13-15-17-18-20-22-24-26-28-30-32-39(43)46-35-37(41)36-48-49(44,45)47-34-33-40-38(42)31-29-27-25-23-21-19-16-14-12-10-8-6-4-2/h5,7-8,10-11,13-14,16-18,22,24,37,41H,3-4,6,9,12,15,19-21,23,25-36H2,1-2H3,(H,40,42)(H,44,45)/b7-5-,10-8-,13-11-,16-14-,18-17-,24-22-. The van der Waals surface area contributed by atoms with E-state index in [9.17, 15) is 24.2 Å². The Labute approximate surface area is 297 Å². The molecule has 10 heteroatoms. The van der Waals surface area contributed by atoms with Crippen LogP contribution in [0.25, 0.3) is 0 Å². The average Bonchev–Trinajstić information content (AvgIpc) is 3.08. The SMILES string of the molecule is CC/C=C\C/C=C\C/C=C\C/C=C\CCCCC(=O)OCC(O)COP(=O)(O)OCCNC(=O)CCCCCCC/C=C\C/C=C\CCC. The van der Waals surface area contributed by atoms with Crippen LogP contribution in [0.1, 0.15) is 129 Å². The van der Waals surface area contributed by atoms with Crippen molar-refractivity contribution in [3.63, 3.8) is 0 Å². The monoisotopic (exact) mass is 707 g/mol. The van der Waals surface area contributed by atoms with Crippen molar-refractivity contribution in [3.05, 3.63) is 72.9 Å².